The van der Waals surface area contributed by atoms with Crippen molar-refractivity contribution in [3.05, 3.63) is 109 Å². The van der Waals surface area contributed by atoms with Gasteiger partial charge in [0.25, 0.3) is 0 Å². The van der Waals surface area contributed by atoms with E-state index in [1.807, 2.05) is 98.2 Å². The molecule has 0 aliphatic carbocycles. The molecule has 8 rings (SSSR count). The lowest BCUT2D eigenvalue weighted by molar-refractivity contribution is -0.138. The fourth-order valence-electron chi connectivity index (χ4n) is 9.72. The Morgan fingerprint density at radius 1 is 0.630 bits per heavy atom. The van der Waals surface area contributed by atoms with Crippen molar-refractivity contribution >= 4 is 51.7 Å². The maximum atomic E-state index is 13.9. The van der Waals surface area contributed by atoms with Crippen LogP contribution in [0.4, 0.5) is 4.79 Å². The first-order chi connectivity index (χ1) is 34.8. The predicted octanol–water partition coefficient (Wildman–Crippen LogP) is 8.60. The minimum atomic E-state index is -0.863. The van der Waals surface area contributed by atoms with Gasteiger partial charge in [0.05, 0.1) is 6.04 Å². The first kappa shape index (κ1) is 53.7. The molecule has 0 radical (unpaired) electrons. The molecule has 5 amide bonds. The van der Waals surface area contributed by atoms with Crippen molar-refractivity contribution in [2.45, 2.75) is 143 Å². The fourth-order valence-corrected chi connectivity index (χ4v) is 9.72. The molecule has 4 aromatic heterocycles. The van der Waals surface area contributed by atoms with Crippen molar-refractivity contribution < 1.29 is 37.5 Å². The standard InChI is InChI=1S/C31H40N4O5.C26H32N4O3/c1-19(2)26(34-28(36)20(3)33-30(38)40-31(4,5)6)29(37)35-17-9-10-22(35)18-24-23-11-7-8-12-25(23)39-27(24)21-13-15-32-16-14-21;1-16(2)23(29-25(31)17(3)27)26(32)30-14-6-7-19(30)15-21-20-8-4-5-9-22(20)33-24(21)18-10-12-28-13-11-18/h7-8,11-16,19-20,22,26H,9-10,17-18H2,1-6H3,(H,33,38)(H,34,36);4-5,8-13,16-17,19,23H,6-7,14-15,27H2,1-3H3,(H,29,31)/t20-,22-,26-;17-,19-,23-/m00/s1. The van der Waals surface area contributed by atoms with Crippen molar-refractivity contribution in [3.8, 4) is 22.6 Å². The summed E-state index contributed by atoms with van der Waals surface area (Å²) in [5, 5.41) is 10.4. The zero-order valence-corrected chi connectivity index (χ0v) is 43.6. The third-order valence-electron chi connectivity index (χ3n) is 13.5. The van der Waals surface area contributed by atoms with Gasteiger partial charge in [-0.15, -0.1) is 0 Å². The number of para-hydroxylation sites is 2. The summed E-state index contributed by atoms with van der Waals surface area (Å²) in [4.78, 5) is 76.9. The zero-order chi connectivity index (χ0) is 52.6. The number of hydrogen-bond acceptors (Lipinski definition) is 11. The second-order valence-corrected chi connectivity index (χ2v) is 21.0. The summed E-state index contributed by atoms with van der Waals surface area (Å²) >= 11 is 0. The van der Waals surface area contributed by atoms with Gasteiger partial charge in [-0.3, -0.25) is 29.1 Å². The first-order valence-corrected chi connectivity index (χ1v) is 25.6. The minimum Gasteiger partial charge on any atom is -0.456 e. The van der Waals surface area contributed by atoms with Gasteiger partial charge < -0.3 is 45.1 Å². The highest BCUT2D eigenvalue weighted by atomic mass is 16.6. The number of fused-ring (bicyclic) bond motifs is 2. The summed E-state index contributed by atoms with van der Waals surface area (Å²) in [6.07, 6.45) is 11.2. The Balaban J connectivity index is 0.000000218. The van der Waals surface area contributed by atoms with Gasteiger partial charge in [0.15, 0.2) is 0 Å². The normalized spacial score (nSPS) is 17.5. The predicted molar refractivity (Wildman–Crippen MR) is 282 cm³/mol. The Morgan fingerprint density at radius 2 is 1.04 bits per heavy atom. The number of aromatic nitrogens is 2. The average molecular weight is 997 g/mol. The number of nitrogens with zero attached hydrogens (tertiary/aromatic N) is 4. The summed E-state index contributed by atoms with van der Waals surface area (Å²) in [7, 11) is 0. The van der Waals surface area contributed by atoms with Crippen LogP contribution in [-0.4, -0.2) is 104 Å². The lowest BCUT2D eigenvalue weighted by Crippen LogP contribution is -2.56. The number of benzene rings is 2. The number of nitrogens with one attached hydrogen (secondary N) is 3. The summed E-state index contributed by atoms with van der Waals surface area (Å²) in [6, 6.07) is 20.9. The average Bonchev–Trinajstić information content (AvgIpc) is 4.18. The number of furan rings is 2. The number of ether oxygens (including phenoxy) is 1. The molecular formula is C57H72N8O8. The van der Waals surface area contributed by atoms with Gasteiger partial charge in [-0.25, -0.2) is 4.79 Å². The van der Waals surface area contributed by atoms with Crippen LogP contribution in [0.2, 0.25) is 0 Å². The second-order valence-electron chi connectivity index (χ2n) is 21.0. The van der Waals surface area contributed by atoms with Crippen molar-refractivity contribution in [3.63, 3.8) is 0 Å². The van der Waals surface area contributed by atoms with Gasteiger partial charge in [-0.05, 0) is 121 Å². The fraction of sp³-hybridized carbons (Fsp3) is 0.456. The van der Waals surface area contributed by atoms with E-state index in [-0.39, 0.29) is 41.6 Å². The van der Waals surface area contributed by atoms with Crippen LogP contribution >= 0.6 is 0 Å². The van der Waals surface area contributed by atoms with Gasteiger partial charge in [0, 0.05) is 83.0 Å². The molecule has 0 saturated carbocycles. The molecule has 2 aromatic carbocycles. The Morgan fingerprint density at radius 3 is 1.44 bits per heavy atom. The molecule has 16 nitrogen and oxygen atoms in total. The summed E-state index contributed by atoms with van der Waals surface area (Å²) in [6.45, 7) is 17.5. The first-order valence-electron chi connectivity index (χ1n) is 25.6. The number of carbonyl (C=O) groups excluding carboxylic acids is 5. The zero-order valence-electron chi connectivity index (χ0n) is 43.6. The number of pyridine rings is 2. The van der Waals surface area contributed by atoms with Gasteiger partial charge >= 0.3 is 6.09 Å². The van der Waals surface area contributed by atoms with Crippen LogP contribution in [0, 0.1) is 11.8 Å². The molecule has 2 fully saturated rings. The Kier molecular flexibility index (Phi) is 17.4. The molecule has 2 aliphatic heterocycles. The van der Waals surface area contributed by atoms with Crippen LogP contribution in [0.3, 0.4) is 0 Å². The molecule has 0 unspecified atom stereocenters. The van der Waals surface area contributed by atoms with Crippen molar-refractivity contribution in [2.24, 2.45) is 17.6 Å². The molecule has 6 atom stereocenters. The third kappa shape index (κ3) is 13.1. The Hall–Kier alpha value is -7.07. The number of likely N-dealkylation sites (tertiary alicyclic amines) is 2. The molecular weight excluding hydrogens is 925 g/mol. The van der Waals surface area contributed by atoms with Crippen molar-refractivity contribution in [2.75, 3.05) is 13.1 Å². The summed E-state index contributed by atoms with van der Waals surface area (Å²) < 4.78 is 17.8. The number of nitrogens with two attached hydrogens (primary N) is 1. The van der Waals surface area contributed by atoms with Crippen LogP contribution in [0.5, 0.6) is 0 Å². The van der Waals surface area contributed by atoms with E-state index in [9.17, 15) is 24.0 Å². The highest BCUT2D eigenvalue weighted by Crippen LogP contribution is 2.38. The summed E-state index contributed by atoms with van der Waals surface area (Å²) in [5.74, 6) is 0.528. The highest BCUT2D eigenvalue weighted by Gasteiger charge is 2.39. The Labute approximate surface area is 428 Å². The van der Waals surface area contributed by atoms with E-state index in [2.05, 4.69) is 38.1 Å². The molecule has 0 bridgehead atoms. The van der Waals surface area contributed by atoms with E-state index < -0.39 is 41.8 Å². The van der Waals surface area contributed by atoms with Gasteiger partial charge in [0.2, 0.25) is 23.6 Å². The van der Waals surface area contributed by atoms with E-state index in [0.717, 1.165) is 81.4 Å². The van der Waals surface area contributed by atoms with E-state index in [1.54, 1.807) is 59.4 Å². The number of carbonyl (C=O) groups is 5. The molecule has 2 aliphatic rings. The van der Waals surface area contributed by atoms with E-state index in [4.69, 9.17) is 19.3 Å². The molecule has 6 aromatic rings. The van der Waals surface area contributed by atoms with E-state index in [1.165, 1.54) is 0 Å². The lowest BCUT2D eigenvalue weighted by Gasteiger charge is -2.32. The summed E-state index contributed by atoms with van der Waals surface area (Å²) in [5.41, 5.74) is 10.8. The molecule has 388 valence electrons. The van der Waals surface area contributed by atoms with Crippen LogP contribution in [0.1, 0.15) is 99.1 Å². The molecule has 73 heavy (non-hydrogen) atoms. The topological polar surface area (TPSA) is 215 Å². The largest absolute Gasteiger partial charge is 0.456 e. The van der Waals surface area contributed by atoms with Gasteiger partial charge in [-0.2, -0.15) is 0 Å². The van der Waals surface area contributed by atoms with Gasteiger partial charge in [-0.1, -0.05) is 64.1 Å². The van der Waals surface area contributed by atoms with E-state index >= 15 is 0 Å². The third-order valence-corrected chi connectivity index (χ3v) is 13.5. The van der Waals surface area contributed by atoms with Crippen molar-refractivity contribution in [1.82, 2.24) is 35.7 Å². The van der Waals surface area contributed by atoms with Crippen LogP contribution in [0.25, 0.3) is 44.6 Å². The van der Waals surface area contributed by atoms with Crippen LogP contribution in [-0.2, 0) is 36.8 Å². The van der Waals surface area contributed by atoms with Crippen LogP contribution in [0.15, 0.2) is 106 Å². The Bertz CT molecular complexity index is 2850. The quantitative estimate of drug-likeness (QED) is 0.0764. The number of rotatable bonds is 15. The number of alkyl carbamates (subject to hydrolysis) is 1. The molecule has 0 spiro atoms. The lowest BCUT2D eigenvalue weighted by atomic mass is 9.97. The maximum absolute atomic E-state index is 13.9. The molecule has 16 heteroatoms. The number of amides is 5. The van der Waals surface area contributed by atoms with Crippen molar-refractivity contribution in [1.29, 1.82) is 0 Å². The maximum Gasteiger partial charge on any atom is 0.408 e. The molecule has 6 heterocycles. The SMILES string of the molecule is CC(C)[C@H](NC(=O)[C@H](C)N)C(=O)N1CCC[C@H]1Cc1c(-c2ccncc2)oc2ccccc12.CC(C)[C@H](NC(=O)[C@H](C)NC(=O)OC(C)(C)C)C(=O)N1CCC[C@H]1Cc1c(-c2ccncc2)oc2ccccc12. The highest BCUT2D eigenvalue weighted by molar-refractivity contribution is 5.93. The van der Waals surface area contributed by atoms with Gasteiger partial charge in [0.1, 0.15) is 46.4 Å². The smallest absolute Gasteiger partial charge is 0.408 e. The van der Waals surface area contributed by atoms with E-state index in [0.29, 0.717) is 25.9 Å². The monoisotopic (exact) mass is 997 g/mol. The van der Waals surface area contributed by atoms with Crippen LogP contribution < -0.4 is 21.7 Å². The number of hydrogen-bond donors (Lipinski definition) is 4. The molecule has 2 saturated heterocycles. The molecule has 5 N–H and O–H groups in total. The second kappa shape index (κ2) is 23.6. The minimum absolute atomic E-state index is 0.0348.